The molecule has 120 valence electrons. The summed E-state index contributed by atoms with van der Waals surface area (Å²) >= 11 is 0. The van der Waals surface area contributed by atoms with Crippen molar-refractivity contribution in [3.8, 4) is 5.75 Å². The van der Waals surface area contributed by atoms with Gasteiger partial charge in [-0.05, 0) is 44.4 Å². The average molecular weight is 292 g/mol. The van der Waals surface area contributed by atoms with Gasteiger partial charge in [0, 0.05) is 6.04 Å². The van der Waals surface area contributed by atoms with E-state index in [1.165, 1.54) is 25.7 Å². The number of hydrogen-bond acceptors (Lipinski definition) is 3. The van der Waals surface area contributed by atoms with E-state index in [-0.39, 0.29) is 0 Å². The first-order valence-electron chi connectivity index (χ1n) is 8.53. The minimum atomic E-state index is 0.298. The molecule has 1 heterocycles. The van der Waals surface area contributed by atoms with Gasteiger partial charge in [0.05, 0.1) is 18.5 Å². The lowest BCUT2D eigenvalue weighted by Gasteiger charge is -2.16. The molecule has 0 bridgehead atoms. The molecule has 2 unspecified atom stereocenters. The summed E-state index contributed by atoms with van der Waals surface area (Å²) in [5.74, 6) is 1.55. The van der Waals surface area contributed by atoms with Gasteiger partial charge in [-0.1, -0.05) is 40.0 Å². The summed E-state index contributed by atoms with van der Waals surface area (Å²) in [5.41, 5.74) is 1.08. The van der Waals surface area contributed by atoms with Crippen molar-refractivity contribution in [1.82, 2.24) is 10.3 Å². The summed E-state index contributed by atoms with van der Waals surface area (Å²) in [7, 11) is 0. The highest BCUT2D eigenvalue weighted by molar-refractivity contribution is 5.21. The van der Waals surface area contributed by atoms with Crippen LogP contribution in [0.5, 0.6) is 5.75 Å². The normalized spacial score (nSPS) is 13.9. The Morgan fingerprint density at radius 3 is 2.57 bits per heavy atom. The van der Waals surface area contributed by atoms with E-state index >= 15 is 0 Å². The second-order valence-electron chi connectivity index (χ2n) is 5.82. The number of ether oxygens (including phenoxy) is 1. The highest BCUT2D eigenvalue weighted by atomic mass is 16.5. The lowest BCUT2D eigenvalue weighted by molar-refractivity contribution is 0.232. The largest absolute Gasteiger partial charge is 0.492 e. The number of rotatable bonds is 11. The van der Waals surface area contributed by atoms with Crippen LogP contribution in [0.25, 0.3) is 0 Å². The number of nitrogens with one attached hydrogen (secondary N) is 1. The molecule has 0 aliphatic carbocycles. The first kappa shape index (κ1) is 18.0. The molecule has 0 amide bonds. The van der Waals surface area contributed by atoms with Crippen LogP contribution < -0.4 is 10.1 Å². The molecule has 1 rings (SSSR count). The number of aromatic nitrogens is 1. The fourth-order valence-electron chi connectivity index (χ4n) is 2.31. The second-order valence-corrected chi connectivity index (χ2v) is 5.82. The molecule has 21 heavy (non-hydrogen) atoms. The molecule has 1 aromatic heterocycles. The SMILES string of the molecule is CCCCC(CC)COc1ccc(C(C)NCCC)nc1. The van der Waals surface area contributed by atoms with E-state index in [4.69, 9.17) is 4.74 Å². The van der Waals surface area contributed by atoms with Gasteiger partial charge in [-0.25, -0.2) is 0 Å². The van der Waals surface area contributed by atoms with E-state index < -0.39 is 0 Å². The Morgan fingerprint density at radius 2 is 2.00 bits per heavy atom. The van der Waals surface area contributed by atoms with E-state index in [0.29, 0.717) is 12.0 Å². The lowest BCUT2D eigenvalue weighted by Crippen LogP contribution is -2.20. The maximum absolute atomic E-state index is 5.89. The summed E-state index contributed by atoms with van der Waals surface area (Å²) in [5, 5.41) is 3.45. The van der Waals surface area contributed by atoms with Crippen molar-refractivity contribution >= 4 is 0 Å². The van der Waals surface area contributed by atoms with Gasteiger partial charge in [0.25, 0.3) is 0 Å². The maximum atomic E-state index is 5.89. The van der Waals surface area contributed by atoms with Crippen LogP contribution in [-0.4, -0.2) is 18.1 Å². The first-order chi connectivity index (χ1) is 10.2. The van der Waals surface area contributed by atoms with Crippen LogP contribution in [0.2, 0.25) is 0 Å². The van der Waals surface area contributed by atoms with E-state index in [9.17, 15) is 0 Å². The van der Waals surface area contributed by atoms with E-state index in [1.54, 1.807) is 0 Å². The summed E-state index contributed by atoms with van der Waals surface area (Å²) < 4.78 is 5.89. The van der Waals surface area contributed by atoms with Gasteiger partial charge in [-0.2, -0.15) is 0 Å². The fourth-order valence-corrected chi connectivity index (χ4v) is 2.31. The van der Waals surface area contributed by atoms with Crippen molar-refractivity contribution < 1.29 is 4.74 Å². The minimum absolute atomic E-state index is 0.298. The molecular weight excluding hydrogens is 260 g/mol. The Balaban J connectivity index is 2.42. The van der Waals surface area contributed by atoms with Crippen molar-refractivity contribution in [3.05, 3.63) is 24.0 Å². The van der Waals surface area contributed by atoms with Crippen LogP contribution >= 0.6 is 0 Å². The maximum Gasteiger partial charge on any atom is 0.137 e. The molecule has 3 heteroatoms. The Hall–Kier alpha value is -1.09. The molecule has 1 aromatic rings. The van der Waals surface area contributed by atoms with Crippen LogP contribution in [0.3, 0.4) is 0 Å². The number of pyridine rings is 1. The quantitative estimate of drug-likeness (QED) is 0.640. The number of hydrogen-bond donors (Lipinski definition) is 1. The molecule has 0 aliphatic heterocycles. The molecule has 0 aromatic carbocycles. The second kappa shape index (κ2) is 10.6. The Morgan fingerprint density at radius 1 is 1.19 bits per heavy atom. The molecule has 1 N–H and O–H groups in total. The molecule has 0 fully saturated rings. The molecular formula is C18H32N2O. The molecule has 2 atom stereocenters. The molecule has 0 radical (unpaired) electrons. The third-order valence-corrected chi connectivity index (χ3v) is 3.93. The fraction of sp³-hybridized carbons (Fsp3) is 0.722. The Labute approximate surface area is 130 Å². The highest BCUT2D eigenvalue weighted by Gasteiger charge is 2.08. The van der Waals surface area contributed by atoms with E-state index in [2.05, 4.69) is 44.1 Å². The van der Waals surface area contributed by atoms with Crippen LogP contribution in [0.15, 0.2) is 18.3 Å². The van der Waals surface area contributed by atoms with E-state index in [1.807, 2.05) is 12.3 Å². The Bertz CT molecular complexity index is 364. The number of unbranched alkanes of at least 4 members (excludes halogenated alkanes) is 1. The zero-order valence-electron chi connectivity index (χ0n) is 14.2. The smallest absolute Gasteiger partial charge is 0.137 e. The monoisotopic (exact) mass is 292 g/mol. The van der Waals surface area contributed by atoms with Gasteiger partial charge in [-0.15, -0.1) is 0 Å². The minimum Gasteiger partial charge on any atom is -0.492 e. The van der Waals surface area contributed by atoms with Gasteiger partial charge in [0.15, 0.2) is 0 Å². The standard InChI is InChI=1S/C18H32N2O/c1-5-8-9-16(7-3)14-21-17-10-11-18(20-13-17)15(4)19-12-6-2/h10-11,13,15-16,19H,5-9,12,14H2,1-4H3. The topological polar surface area (TPSA) is 34.1 Å². The lowest BCUT2D eigenvalue weighted by atomic mass is 10.0. The van der Waals surface area contributed by atoms with Gasteiger partial charge < -0.3 is 10.1 Å². The van der Waals surface area contributed by atoms with Gasteiger partial charge in [0.1, 0.15) is 5.75 Å². The zero-order chi connectivity index (χ0) is 15.5. The van der Waals surface area contributed by atoms with Gasteiger partial charge in [-0.3, -0.25) is 4.98 Å². The van der Waals surface area contributed by atoms with Crippen LogP contribution in [0.4, 0.5) is 0 Å². The first-order valence-corrected chi connectivity index (χ1v) is 8.53. The van der Waals surface area contributed by atoms with Gasteiger partial charge >= 0.3 is 0 Å². The van der Waals surface area contributed by atoms with Crippen molar-refractivity contribution in [2.24, 2.45) is 5.92 Å². The highest BCUT2D eigenvalue weighted by Crippen LogP contribution is 2.18. The molecule has 0 aliphatic rings. The van der Waals surface area contributed by atoms with Crippen LogP contribution in [0.1, 0.15) is 71.5 Å². The summed E-state index contributed by atoms with van der Waals surface area (Å²) in [6.07, 6.45) is 7.99. The summed E-state index contributed by atoms with van der Waals surface area (Å²) in [4.78, 5) is 4.51. The Kier molecular flexibility index (Phi) is 9.07. The predicted molar refractivity (Wildman–Crippen MR) is 89.7 cm³/mol. The van der Waals surface area contributed by atoms with Gasteiger partial charge in [0.2, 0.25) is 0 Å². The van der Waals surface area contributed by atoms with Crippen molar-refractivity contribution in [1.29, 1.82) is 0 Å². The predicted octanol–water partition coefficient (Wildman–Crippen LogP) is 4.74. The molecule has 0 spiro atoms. The molecule has 0 saturated carbocycles. The van der Waals surface area contributed by atoms with Crippen molar-refractivity contribution in [2.45, 2.75) is 65.8 Å². The molecule has 0 saturated heterocycles. The number of nitrogens with zero attached hydrogens (tertiary/aromatic N) is 1. The summed E-state index contributed by atoms with van der Waals surface area (Å²) in [6, 6.07) is 4.40. The third-order valence-electron chi connectivity index (χ3n) is 3.93. The summed E-state index contributed by atoms with van der Waals surface area (Å²) in [6.45, 7) is 10.6. The molecule has 3 nitrogen and oxygen atoms in total. The van der Waals surface area contributed by atoms with E-state index in [0.717, 1.165) is 31.0 Å². The van der Waals surface area contributed by atoms with Crippen molar-refractivity contribution in [2.75, 3.05) is 13.2 Å². The third kappa shape index (κ3) is 6.94. The average Bonchev–Trinajstić information content (AvgIpc) is 2.53. The van der Waals surface area contributed by atoms with Crippen LogP contribution in [-0.2, 0) is 0 Å². The zero-order valence-corrected chi connectivity index (χ0v) is 14.2. The van der Waals surface area contributed by atoms with Crippen LogP contribution in [0, 0.1) is 5.92 Å². The van der Waals surface area contributed by atoms with Crippen molar-refractivity contribution in [3.63, 3.8) is 0 Å².